The molecule has 9 heteroatoms. The number of hydrogen-bond donors (Lipinski definition) is 2. The van der Waals surface area contributed by atoms with Crippen LogP contribution in [0.5, 0.6) is 0 Å². The van der Waals surface area contributed by atoms with E-state index in [9.17, 15) is 26.7 Å². The summed E-state index contributed by atoms with van der Waals surface area (Å²) in [6.07, 6.45) is -1.86. The number of benzene rings is 1. The van der Waals surface area contributed by atoms with Crippen LogP contribution in [0.3, 0.4) is 0 Å². The third kappa shape index (κ3) is 2.84. The average molecular weight is 376 g/mol. The summed E-state index contributed by atoms with van der Waals surface area (Å²) in [6, 6.07) is 5.44. The molecule has 0 amide bonds. The molecule has 0 radical (unpaired) electrons. The molecule has 1 aromatic rings. The van der Waals surface area contributed by atoms with Crippen molar-refractivity contribution in [3.8, 4) is 0 Å². The van der Waals surface area contributed by atoms with Crippen molar-refractivity contribution >= 4 is 10.0 Å². The fourth-order valence-electron chi connectivity index (χ4n) is 3.31. The first-order valence-electron chi connectivity index (χ1n) is 7.96. The maximum Gasteiger partial charge on any atom is 0.434 e. The van der Waals surface area contributed by atoms with Gasteiger partial charge in [-0.05, 0) is 38.3 Å². The van der Waals surface area contributed by atoms with Crippen molar-refractivity contribution in [2.75, 3.05) is 0 Å². The van der Waals surface area contributed by atoms with Crippen molar-refractivity contribution in [3.05, 3.63) is 41.6 Å². The van der Waals surface area contributed by atoms with E-state index < -0.39 is 27.8 Å². The second kappa shape index (κ2) is 6.00. The van der Waals surface area contributed by atoms with Gasteiger partial charge in [0.15, 0.2) is 0 Å². The van der Waals surface area contributed by atoms with E-state index in [-0.39, 0.29) is 21.4 Å². The van der Waals surface area contributed by atoms with Crippen molar-refractivity contribution in [1.82, 2.24) is 9.84 Å². The second-order valence-electron chi connectivity index (χ2n) is 6.41. The zero-order valence-electron chi connectivity index (χ0n) is 13.5. The number of hydrogen-bond acceptors (Lipinski definition) is 4. The van der Waals surface area contributed by atoms with Gasteiger partial charge in [-0.3, -0.25) is 0 Å². The van der Waals surface area contributed by atoms with Crippen molar-refractivity contribution < 1.29 is 26.7 Å². The zero-order chi connectivity index (χ0) is 18.5. The molecule has 1 heterocycles. The van der Waals surface area contributed by atoms with E-state index >= 15 is 0 Å². The summed E-state index contributed by atoms with van der Waals surface area (Å²) in [5.74, 6) is -1.37. The van der Waals surface area contributed by atoms with Crippen LogP contribution >= 0.6 is 0 Å². The highest BCUT2D eigenvalue weighted by molar-refractivity contribution is 7.89. The summed E-state index contributed by atoms with van der Waals surface area (Å²) in [4.78, 5) is -0.315. The van der Waals surface area contributed by atoms with Crippen LogP contribution < -0.4 is 5.43 Å². The van der Waals surface area contributed by atoms with Gasteiger partial charge < -0.3 is 10.5 Å². The molecule has 25 heavy (non-hydrogen) atoms. The van der Waals surface area contributed by atoms with Gasteiger partial charge in [0.25, 0.3) is 15.7 Å². The molecule has 2 aliphatic rings. The summed E-state index contributed by atoms with van der Waals surface area (Å²) in [5, 5.41) is 10.6. The van der Waals surface area contributed by atoms with Gasteiger partial charge in [-0.15, -0.1) is 0 Å². The van der Waals surface area contributed by atoms with E-state index in [4.69, 9.17) is 0 Å². The third-order valence-corrected chi connectivity index (χ3v) is 6.41. The van der Waals surface area contributed by atoms with Crippen LogP contribution in [0.1, 0.15) is 31.2 Å². The van der Waals surface area contributed by atoms with E-state index in [0.29, 0.717) is 19.3 Å². The van der Waals surface area contributed by atoms with E-state index in [0.717, 1.165) is 5.56 Å². The van der Waals surface area contributed by atoms with Gasteiger partial charge in [0.1, 0.15) is 0 Å². The number of hydrazine groups is 1. The SMILES string of the molecule is Cc1ccc(S(=O)(=O)N2NC3=CCCCCC3[C@@]2(O)C(F)(F)F)cc1. The lowest BCUT2D eigenvalue weighted by Gasteiger charge is -2.36. The van der Waals surface area contributed by atoms with Crippen molar-refractivity contribution in [1.29, 1.82) is 0 Å². The molecule has 2 N–H and O–H groups in total. The maximum absolute atomic E-state index is 13.8. The summed E-state index contributed by atoms with van der Waals surface area (Å²) < 4.78 is 67.0. The Bertz CT molecular complexity index is 790. The number of alkyl halides is 3. The molecule has 0 saturated carbocycles. The smallest absolute Gasteiger partial charge is 0.365 e. The highest BCUT2D eigenvalue weighted by Gasteiger charge is 2.70. The first kappa shape index (κ1) is 18.2. The number of allylic oxidation sites excluding steroid dienone is 1. The average Bonchev–Trinajstić information content (AvgIpc) is 2.69. The Morgan fingerprint density at radius 3 is 2.48 bits per heavy atom. The molecular formula is C16H19F3N2O3S. The van der Waals surface area contributed by atoms with Crippen LogP contribution in [-0.4, -0.2) is 29.8 Å². The van der Waals surface area contributed by atoms with Crippen LogP contribution in [0, 0.1) is 12.8 Å². The Labute approximate surface area is 144 Å². The summed E-state index contributed by atoms with van der Waals surface area (Å²) in [5.41, 5.74) is -0.326. The number of nitrogens with one attached hydrogen (secondary N) is 1. The number of halogens is 3. The molecule has 0 bridgehead atoms. The predicted molar refractivity (Wildman–Crippen MR) is 84.4 cm³/mol. The van der Waals surface area contributed by atoms with Crippen LogP contribution in [0.4, 0.5) is 13.2 Å². The minimum atomic E-state index is -5.15. The lowest BCUT2D eigenvalue weighted by molar-refractivity contribution is -0.307. The van der Waals surface area contributed by atoms with Gasteiger partial charge in [-0.25, -0.2) is 8.42 Å². The molecule has 5 nitrogen and oxygen atoms in total. The zero-order valence-corrected chi connectivity index (χ0v) is 14.4. The van der Waals surface area contributed by atoms with Gasteiger partial charge in [-0.2, -0.15) is 13.2 Å². The molecule has 2 atom stereocenters. The molecular weight excluding hydrogens is 357 g/mol. The number of aliphatic hydroxyl groups is 1. The molecule has 3 rings (SSSR count). The Hall–Kier alpha value is -1.58. The van der Waals surface area contributed by atoms with Gasteiger partial charge in [0.2, 0.25) is 0 Å². The minimum Gasteiger partial charge on any atom is -0.365 e. The summed E-state index contributed by atoms with van der Waals surface area (Å²) in [6.45, 7) is 1.74. The molecule has 1 fully saturated rings. The predicted octanol–water partition coefficient (Wildman–Crippen LogP) is 2.83. The molecule has 138 valence electrons. The Morgan fingerprint density at radius 2 is 1.88 bits per heavy atom. The first-order chi connectivity index (χ1) is 11.6. The lowest BCUT2D eigenvalue weighted by Crippen LogP contribution is -2.62. The lowest BCUT2D eigenvalue weighted by atomic mass is 9.90. The van der Waals surface area contributed by atoms with Crippen LogP contribution in [0.15, 0.2) is 40.9 Å². The number of fused-ring (bicyclic) bond motifs is 1. The van der Waals surface area contributed by atoms with Gasteiger partial charge >= 0.3 is 6.18 Å². The molecule has 1 aliphatic carbocycles. The Morgan fingerprint density at radius 1 is 1.24 bits per heavy atom. The van der Waals surface area contributed by atoms with Gasteiger partial charge in [-0.1, -0.05) is 34.6 Å². The number of sulfonamides is 1. The van der Waals surface area contributed by atoms with Crippen molar-refractivity contribution in [2.24, 2.45) is 5.92 Å². The second-order valence-corrected chi connectivity index (χ2v) is 8.20. The molecule has 1 aliphatic heterocycles. The van der Waals surface area contributed by atoms with E-state index in [1.807, 2.05) is 0 Å². The third-order valence-electron chi connectivity index (χ3n) is 4.69. The Balaban J connectivity index is 2.13. The highest BCUT2D eigenvalue weighted by Crippen LogP contribution is 2.49. The largest absolute Gasteiger partial charge is 0.434 e. The molecule has 0 aromatic heterocycles. The van der Waals surface area contributed by atoms with Crippen LogP contribution in [0.25, 0.3) is 0 Å². The monoisotopic (exact) mass is 376 g/mol. The normalized spacial score (nSPS) is 28.0. The van der Waals surface area contributed by atoms with Gasteiger partial charge in [0, 0.05) is 5.70 Å². The number of nitrogens with zero attached hydrogens (tertiary/aromatic N) is 1. The van der Waals surface area contributed by atoms with Gasteiger partial charge in [0.05, 0.1) is 10.8 Å². The van der Waals surface area contributed by atoms with Crippen LogP contribution in [0.2, 0.25) is 0 Å². The quantitative estimate of drug-likeness (QED) is 0.833. The van der Waals surface area contributed by atoms with E-state index in [1.165, 1.54) is 24.3 Å². The molecule has 1 unspecified atom stereocenters. The standard InChI is InChI=1S/C16H19F3N2O3S/c1-11-7-9-12(10-8-11)25(23,24)21-15(22,16(17,18)19)13-5-3-2-4-6-14(13)20-21/h6-10,13,20,22H,2-5H2,1H3/t13?,15-/m1/s1. The fraction of sp³-hybridized carbons (Fsp3) is 0.500. The number of rotatable bonds is 2. The van der Waals surface area contributed by atoms with E-state index in [2.05, 4.69) is 5.43 Å². The van der Waals surface area contributed by atoms with Crippen molar-refractivity contribution in [2.45, 2.75) is 49.4 Å². The molecule has 1 aromatic carbocycles. The number of aryl methyl sites for hydroxylation is 1. The summed E-state index contributed by atoms with van der Waals surface area (Å²) in [7, 11) is -4.60. The maximum atomic E-state index is 13.8. The molecule has 0 spiro atoms. The minimum absolute atomic E-state index is 0.0213. The van der Waals surface area contributed by atoms with E-state index in [1.54, 1.807) is 13.0 Å². The first-order valence-corrected chi connectivity index (χ1v) is 9.40. The topological polar surface area (TPSA) is 69.6 Å². The summed E-state index contributed by atoms with van der Waals surface area (Å²) >= 11 is 0. The molecule has 1 saturated heterocycles. The Kier molecular flexibility index (Phi) is 4.37. The highest BCUT2D eigenvalue weighted by atomic mass is 32.2. The van der Waals surface area contributed by atoms with Crippen LogP contribution in [-0.2, 0) is 10.0 Å². The van der Waals surface area contributed by atoms with Crippen molar-refractivity contribution in [3.63, 3.8) is 0 Å². The fourth-order valence-corrected chi connectivity index (χ4v) is 4.82.